The lowest BCUT2D eigenvalue weighted by atomic mass is 10.2. The Labute approximate surface area is 188 Å². The molecule has 1 N–H and O–H groups in total. The molecule has 1 aliphatic rings. The van der Waals surface area contributed by atoms with Gasteiger partial charge in [-0.3, -0.25) is 23.5 Å². The number of aromatic hydroxyl groups is 1. The number of benzene rings is 2. The maximum atomic E-state index is 13.2. The summed E-state index contributed by atoms with van der Waals surface area (Å²) in [5, 5.41) is 12.7. The Morgan fingerprint density at radius 2 is 1.21 bits per heavy atom. The number of allylic oxidation sites excluding steroid dienone is 2. The van der Waals surface area contributed by atoms with E-state index in [0.29, 0.717) is 11.4 Å². The number of amides is 2. The first-order valence-corrected chi connectivity index (χ1v) is 9.99. The first-order chi connectivity index (χ1) is 15.8. The summed E-state index contributed by atoms with van der Waals surface area (Å²) in [6.45, 7) is 0. The van der Waals surface area contributed by atoms with Gasteiger partial charge in [-0.1, -0.05) is 42.5 Å². The molecule has 2 aromatic carbocycles. The van der Waals surface area contributed by atoms with E-state index < -0.39 is 28.9 Å². The smallest absolute Gasteiger partial charge is 0.333 e. The normalized spacial score (nSPS) is 13.9. The third-order valence-corrected chi connectivity index (χ3v) is 5.24. The number of hydrogen-bond donors (Lipinski definition) is 1. The highest BCUT2D eigenvalue weighted by atomic mass is 16.3. The molecule has 0 spiro atoms. The zero-order valence-electron chi connectivity index (χ0n) is 17.9. The molecule has 0 saturated carbocycles. The molecule has 0 atom stereocenters. The number of para-hydroxylation sites is 2. The van der Waals surface area contributed by atoms with Crippen LogP contribution in [0.15, 0.2) is 88.0 Å². The fourth-order valence-corrected chi connectivity index (χ4v) is 3.49. The molecule has 1 saturated heterocycles. The minimum atomic E-state index is -0.703. The molecule has 0 unspecified atom stereocenters. The van der Waals surface area contributed by atoms with Crippen LogP contribution >= 0.6 is 0 Å². The second kappa shape index (κ2) is 8.46. The van der Waals surface area contributed by atoms with Crippen molar-refractivity contribution >= 4 is 29.3 Å². The van der Waals surface area contributed by atoms with Gasteiger partial charge in [0, 0.05) is 14.1 Å². The molecule has 3 aromatic rings. The number of carbonyl (C=O) groups excluding carboxylic acids is 2. The molecular weight excluding hydrogens is 424 g/mol. The van der Waals surface area contributed by atoms with Crippen molar-refractivity contribution in [1.29, 1.82) is 0 Å². The second-order valence-electron chi connectivity index (χ2n) is 7.29. The Morgan fingerprint density at radius 3 is 1.70 bits per heavy atom. The summed E-state index contributed by atoms with van der Waals surface area (Å²) in [6, 6.07) is 17.5. The number of carbonyl (C=O) groups is 2. The molecular formula is C24H20N4O5. The summed E-state index contributed by atoms with van der Waals surface area (Å²) in [7, 11) is 2.62. The number of hydrazine groups is 1. The molecule has 0 aliphatic carbocycles. The van der Waals surface area contributed by atoms with E-state index in [1.165, 1.54) is 42.3 Å². The molecule has 1 fully saturated rings. The van der Waals surface area contributed by atoms with E-state index in [9.17, 15) is 24.3 Å². The van der Waals surface area contributed by atoms with Gasteiger partial charge < -0.3 is 5.11 Å². The van der Waals surface area contributed by atoms with Crippen LogP contribution in [0.1, 0.15) is 5.56 Å². The molecule has 2 amide bonds. The Kier molecular flexibility index (Phi) is 5.53. The summed E-state index contributed by atoms with van der Waals surface area (Å²) in [5.41, 5.74) is -0.625. The number of hydrogen-bond acceptors (Lipinski definition) is 5. The summed E-state index contributed by atoms with van der Waals surface area (Å²) in [5.74, 6) is -1.60. The molecule has 9 heteroatoms. The van der Waals surface area contributed by atoms with E-state index in [2.05, 4.69) is 0 Å². The van der Waals surface area contributed by atoms with Crippen molar-refractivity contribution in [3.05, 3.63) is 105 Å². The van der Waals surface area contributed by atoms with Crippen LogP contribution in [0, 0.1) is 0 Å². The number of nitrogens with zero attached hydrogens (tertiary/aromatic N) is 4. The van der Waals surface area contributed by atoms with Crippen molar-refractivity contribution in [3.63, 3.8) is 0 Å². The minimum absolute atomic E-state index is 0.125. The zero-order chi connectivity index (χ0) is 23.7. The van der Waals surface area contributed by atoms with Gasteiger partial charge in [0.15, 0.2) is 0 Å². The lowest BCUT2D eigenvalue weighted by molar-refractivity contribution is -0.116. The Balaban J connectivity index is 1.78. The highest BCUT2D eigenvalue weighted by molar-refractivity contribution is 6.36. The topological polar surface area (TPSA) is 105 Å². The summed E-state index contributed by atoms with van der Waals surface area (Å²) >= 11 is 0. The number of anilines is 2. The van der Waals surface area contributed by atoms with Crippen LogP contribution in [-0.4, -0.2) is 26.1 Å². The van der Waals surface area contributed by atoms with Crippen molar-refractivity contribution in [2.24, 2.45) is 14.1 Å². The lowest BCUT2D eigenvalue weighted by Crippen LogP contribution is -2.41. The zero-order valence-corrected chi connectivity index (χ0v) is 17.9. The van der Waals surface area contributed by atoms with Gasteiger partial charge in [0.05, 0.1) is 11.4 Å². The van der Waals surface area contributed by atoms with Gasteiger partial charge in [-0.15, -0.1) is 0 Å². The van der Waals surface area contributed by atoms with E-state index >= 15 is 0 Å². The van der Waals surface area contributed by atoms with Gasteiger partial charge in [0.2, 0.25) is 5.88 Å². The van der Waals surface area contributed by atoms with Crippen molar-refractivity contribution in [2.45, 2.75) is 0 Å². The van der Waals surface area contributed by atoms with E-state index in [4.69, 9.17) is 0 Å². The van der Waals surface area contributed by atoms with Crippen LogP contribution in [0.25, 0.3) is 6.08 Å². The first-order valence-electron chi connectivity index (χ1n) is 9.99. The fraction of sp³-hybridized carbons (Fsp3) is 0.0833. The van der Waals surface area contributed by atoms with E-state index in [0.717, 1.165) is 9.13 Å². The highest BCUT2D eigenvalue weighted by Crippen LogP contribution is 2.31. The van der Waals surface area contributed by atoms with Gasteiger partial charge in [-0.2, -0.15) is 0 Å². The molecule has 33 heavy (non-hydrogen) atoms. The molecule has 2 heterocycles. The van der Waals surface area contributed by atoms with Gasteiger partial charge in [0.1, 0.15) is 11.1 Å². The third-order valence-electron chi connectivity index (χ3n) is 5.24. The number of rotatable bonds is 4. The summed E-state index contributed by atoms with van der Waals surface area (Å²) in [6.07, 6.45) is 3.86. The minimum Gasteiger partial charge on any atom is -0.494 e. The summed E-state index contributed by atoms with van der Waals surface area (Å²) < 4.78 is 1.78. The second-order valence-corrected chi connectivity index (χ2v) is 7.29. The number of aromatic nitrogens is 2. The van der Waals surface area contributed by atoms with Crippen LogP contribution in [0.4, 0.5) is 11.4 Å². The largest absolute Gasteiger partial charge is 0.494 e. The van der Waals surface area contributed by atoms with Crippen molar-refractivity contribution < 1.29 is 14.7 Å². The Morgan fingerprint density at radius 1 is 0.727 bits per heavy atom. The average Bonchev–Trinajstić information content (AvgIpc) is 3.09. The van der Waals surface area contributed by atoms with Crippen LogP contribution in [-0.2, 0) is 23.7 Å². The predicted octanol–water partition coefficient (Wildman–Crippen LogP) is 1.72. The molecule has 4 rings (SSSR count). The van der Waals surface area contributed by atoms with E-state index in [1.54, 1.807) is 60.7 Å². The third kappa shape index (κ3) is 3.65. The van der Waals surface area contributed by atoms with Crippen LogP contribution in [0.5, 0.6) is 5.88 Å². The van der Waals surface area contributed by atoms with Crippen LogP contribution in [0.3, 0.4) is 0 Å². The van der Waals surface area contributed by atoms with E-state index in [-0.39, 0.29) is 11.1 Å². The van der Waals surface area contributed by atoms with Gasteiger partial charge >= 0.3 is 5.69 Å². The molecule has 9 nitrogen and oxygen atoms in total. The van der Waals surface area contributed by atoms with Crippen LogP contribution < -0.4 is 21.3 Å². The van der Waals surface area contributed by atoms with E-state index in [1.807, 2.05) is 0 Å². The van der Waals surface area contributed by atoms with Gasteiger partial charge in [-0.05, 0) is 36.4 Å². The SMILES string of the molecule is Cn1c(O)c(C=CC=C2C(=O)N(c3ccccc3)N(c3ccccc3)C2=O)c(=O)n(C)c1=O. The Bertz CT molecular complexity index is 1360. The first kappa shape index (κ1) is 21.6. The monoisotopic (exact) mass is 444 g/mol. The molecule has 166 valence electrons. The van der Waals surface area contributed by atoms with Crippen molar-refractivity contribution in [1.82, 2.24) is 9.13 Å². The van der Waals surface area contributed by atoms with Crippen LogP contribution in [0.2, 0.25) is 0 Å². The molecule has 1 aliphatic heterocycles. The molecule has 1 aromatic heterocycles. The highest BCUT2D eigenvalue weighted by Gasteiger charge is 2.42. The van der Waals surface area contributed by atoms with Gasteiger partial charge in [-0.25, -0.2) is 14.8 Å². The van der Waals surface area contributed by atoms with Crippen molar-refractivity contribution in [3.8, 4) is 5.88 Å². The molecule has 0 radical (unpaired) electrons. The summed E-state index contributed by atoms with van der Waals surface area (Å²) in [4.78, 5) is 50.7. The standard InChI is InChI=1S/C24H20N4O5/c1-25-20(29)18(21(30)26(2)24(25)33)14-9-15-19-22(31)27(16-10-5-3-6-11-16)28(23(19)32)17-12-7-4-8-13-17/h3-15,29H,1-2H3. The predicted molar refractivity (Wildman–Crippen MR) is 124 cm³/mol. The maximum Gasteiger partial charge on any atom is 0.333 e. The van der Waals surface area contributed by atoms with Gasteiger partial charge in [0.25, 0.3) is 17.4 Å². The quantitative estimate of drug-likeness (QED) is 0.487. The maximum absolute atomic E-state index is 13.2. The fourth-order valence-electron chi connectivity index (χ4n) is 3.49. The lowest BCUT2D eigenvalue weighted by Gasteiger charge is -2.27. The molecule has 0 bridgehead atoms. The Hall–Kier alpha value is -4.66. The van der Waals surface area contributed by atoms with Crippen molar-refractivity contribution in [2.75, 3.05) is 10.0 Å². The average molecular weight is 444 g/mol.